The average Bonchev–Trinajstić information content (AvgIpc) is 2.92. The van der Waals surface area contributed by atoms with E-state index in [-0.39, 0.29) is 11.8 Å². The molecule has 2 aromatic carbocycles. The van der Waals surface area contributed by atoms with Crippen LogP contribution in [0.4, 0.5) is 5.69 Å². The smallest absolute Gasteiger partial charge is 0.272 e. The van der Waals surface area contributed by atoms with Crippen LogP contribution < -0.4 is 14.4 Å². The van der Waals surface area contributed by atoms with E-state index in [4.69, 9.17) is 21.1 Å². The van der Waals surface area contributed by atoms with Gasteiger partial charge in [0.1, 0.15) is 11.5 Å². The van der Waals surface area contributed by atoms with E-state index in [2.05, 4.69) is 0 Å². The van der Waals surface area contributed by atoms with E-state index in [1.165, 1.54) is 26.0 Å². The lowest BCUT2D eigenvalue weighted by atomic mass is 10.1. The first-order valence-electron chi connectivity index (χ1n) is 8.25. The van der Waals surface area contributed by atoms with Crippen LogP contribution in [0.1, 0.15) is 12.5 Å². The van der Waals surface area contributed by atoms with Crippen molar-refractivity contribution in [1.82, 2.24) is 0 Å². The zero-order chi connectivity index (χ0) is 19.6. The van der Waals surface area contributed by atoms with Crippen LogP contribution >= 0.6 is 23.4 Å². The Morgan fingerprint density at radius 3 is 2.30 bits per heavy atom. The number of carbonyl (C=O) groups excluding carboxylic acids is 2. The Kier molecular flexibility index (Phi) is 5.77. The van der Waals surface area contributed by atoms with Crippen molar-refractivity contribution in [2.75, 3.05) is 24.9 Å². The molecule has 1 heterocycles. The molecule has 0 aliphatic carbocycles. The fourth-order valence-electron chi connectivity index (χ4n) is 2.85. The lowest BCUT2D eigenvalue weighted by Crippen LogP contribution is -2.31. The number of rotatable bonds is 6. The van der Waals surface area contributed by atoms with Crippen LogP contribution in [-0.4, -0.2) is 31.8 Å². The largest absolute Gasteiger partial charge is 0.497 e. The number of amides is 2. The zero-order valence-corrected chi connectivity index (χ0v) is 16.7. The Balaban J connectivity index is 2.10. The van der Waals surface area contributed by atoms with Gasteiger partial charge in [-0.15, -0.1) is 11.8 Å². The van der Waals surface area contributed by atoms with Crippen LogP contribution in [0.15, 0.2) is 47.4 Å². The second kappa shape index (κ2) is 8.06. The van der Waals surface area contributed by atoms with Gasteiger partial charge in [0.05, 0.1) is 30.4 Å². The first kappa shape index (κ1) is 19.3. The van der Waals surface area contributed by atoms with E-state index in [1.54, 1.807) is 42.5 Å². The number of imide groups is 1. The second-order valence-electron chi connectivity index (χ2n) is 5.63. The highest BCUT2D eigenvalue weighted by atomic mass is 35.5. The zero-order valence-electron chi connectivity index (χ0n) is 15.1. The van der Waals surface area contributed by atoms with Crippen LogP contribution in [0.3, 0.4) is 0 Å². The van der Waals surface area contributed by atoms with Crippen molar-refractivity contribution in [3.05, 3.63) is 58.0 Å². The van der Waals surface area contributed by atoms with Crippen molar-refractivity contribution in [2.24, 2.45) is 0 Å². The topological polar surface area (TPSA) is 55.8 Å². The minimum atomic E-state index is -0.387. The summed E-state index contributed by atoms with van der Waals surface area (Å²) in [5.41, 5.74) is 1.41. The molecule has 0 N–H and O–H groups in total. The third-order valence-electron chi connectivity index (χ3n) is 4.09. The molecule has 1 aliphatic heterocycles. The van der Waals surface area contributed by atoms with Crippen molar-refractivity contribution in [2.45, 2.75) is 6.92 Å². The van der Waals surface area contributed by atoms with Gasteiger partial charge in [0.15, 0.2) is 0 Å². The fourth-order valence-corrected chi connectivity index (χ4v) is 3.83. The molecule has 5 nitrogen and oxygen atoms in total. The molecule has 1 aliphatic rings. The van der Waals surface area contributed by atoms with E-state index in [0.717, 1.165) is 4.90 Å². The summed E-state index contributed by atoms with van der Waals surface area (Å²) in [4.78, 5) is 27.9. The molecule has 7 heteroatoms. The number of methoxy groups -OCH3 is 2. The Labute approximate surface area is 166 Å². The highest BCUT2D eigenvalue weighted by molar-refractivity contribution is 8.04. The lowest BCUT2D eigenvalue weighted by molar-refractivity contribution is -0.119. The van der Waals surface area contributed by atoms with Gasteiger partial charge in [0, 0.05) is 11.1 Å². The maximum atomic E-state index is 13.2. The molecule has 140 valence electrons. The van der Waals surface area contributed by atoms with Gasteiger partial charge in [-0.2, -0.15) is 0 Å². The molecule has 0 fully saturated rings. The molecule has 0 atom stereocenters. The summed E-state index contributed by atoms with van der Waals surface area (Å²) in [6.07, 6.45) is 0. The lowest BCUT2D eigenvalue weighted by Gasteiger charge is -2.19. The highest BCUT2D eigenvalue weighted by Crippen LogP contribution is 2.42. The third-order valence-corrected chi connectivity index (χ3v) is 5.30. The van der Waals surface area contributed by atoms with Crippen LogP contribution in [0, 0.1) is 0 Å². The summed E-state index contributed by atoms with van der Waals surface area (Å²) >= 11 is 7.31. The number of anilines is 1. The van der Waals surface area contributed by atoms with Gasteiger partial charge < -0.3 is 9.47 Å². The molecular formula is C20H18ClNO4S. The molecule has 0 saturated heterocycles. The van der Waals surface area contributed by atoms with E-state index >= 15 is 0 Å². The maximum Gasteiger partial charge on any atom is 0.272 e. The van der Waals surface area contributed by atoms with Crippen LogP contribution in [-0.2, 0) is 9.59 Å². The Morgan fingerprint density at radius 1 is 1.00 bits per heavy atom. The van der Waals surface area contributed by atoms with Crippen molar-refractivity contribution >= 4 is 46.4 Å². The summed E-state index contributed by atoms with van der Waals surface area (Å²) < 4.78 is 10.6. The number of halogens is 1. The van der Waals surface area contributed by atoms with Gasteiger partial charge in [-0.25, -0.2) is 4.90 Å². The van der Waals surface area contributed by atoms with Crippen LogP contribution in [0.5, 0.6) is 11.5 Å². The number of hydrogen-bond acceptors (Lipinski definition) is 5. The maximum absolute atomic E-state index is 13.2. The molecular weight excluding hydrogens is 386 g/mol. The molecule has 0 saturated carbocycles. The average molecular weight is 404 g/mol. The first-order valence-corrected chi connectivity index (χ1v) is 9.62. The van der Waals surface area contributed by atoms with Gasteiger partial charge >= 0.3 is 0 Å². The molecule has 3 rings (SSSR count). The number of thioether (sulfide) groups is 1. The van der Waals surface area contributed by atoms with E-state index < -0.39 is 0 Å². The predicted octanol–water partition coefficient (Wildman–Crippen LogP) is 4.39. The molecule has 27 heavy (non-hydrogen) atoms. The molecule has 2 amide bonds. The first-order chi connectivity index (χ1) is 13.0. The molecule has 0 bridgehead atoms. The van der Waals surface area contributed by atoms with E-state index in [0.29, 0.717) is 44.0 Å². The van der Waals surface area contributed by atoms with Crippen molar-refractivity contribution < 1.29 is 19.1 Å². The van der Waals surface area contributed by atoms with Crippen LogP contribution in [0.2, 0.25) is 5.02 Å². The number of carbonyl (C=O) groups is 2. The van der Waals surface area contributed by atoms with Gasteiger partial charge in [0.2, 0.25) is 0 Å². The van der Waals surface area contributed by atoms with Gasteiger partial charge in [-0.1, -0.05) is 30.7 Å². The molecule has 0 unspecified atom stereocenters. The Bertz CT molecular complexity index is 924. The number of hydrogen-bond donors (Lipinski definition) is 0. The SMILES string of the molecule is CCSC1=C(c2ccc(Cl)cc2)C(=O)N(c2ccc(OC)cc2OC)C1=O. The number of ether oxygens (including phenoxy) is 2. The molecule has 0 aromatic heterocycles. The summed E-state index contributed by atoms with van der Waals surface area (Å²) in [5, 5.41) is 0.564. The van der Waals surface area contributed by atoms with Gasteiger partial charge in [-0.3, -0.25) is 9.59 Å². The Hall–Kier alpha value is -2.44. The summed E-state index contributed by atoms with van der Waals surface area (Å²) in [5.74, 6) is 0.874. The van der Waals surface area contributed by atoms with Crippen LogP contribution in [0.25, 0.3) is 5.57 Å². The normalized spacial score (nSPS) is 14.1. The Morgan fingerprint density at radius 2 is 1.70 bits per heavy atom. The number of nitrogens with zero attached hydrogens (tertiary/aromatic N) is 1. The molecule has 0 radical (unpaired) electrons. The monoisotopic (exact) mass is 403 g/mol. The van der Waals surface area contributed by atoms with Crippen molar-refractivity contribution in [3.63, 3.8) is 0 Å². The predicted molar refractivity (Wildman–Crippen MR) is 109 cm³/mol. The quantitative estimate of drug-likeness (QED) is 0.669. The van der Waals surface area contributed by atoms with Gasteiger partial charge in [-0.05, 0) is 35.6 Å². The minimum Gasteiger partial charge on any atom is -0.497 e. The third kappa shape index (κ3) is 3.55. The summed E-state index contributed by atoms with van der Waals surface area (Å²) in [7, 11) is 3.02. The second-order valence-corrected chi connectivity index (χ2v) is 7.34. The standard InChI is InChI=1S/C20H18ClNO4S/c1-4-27-18-17(12-5-7-13(21)8-6-12)19(23)22(20(18)24)15-10-9-14(25-2)11-16(15)26-3/h5-11H,4H2,1-3H3. The fraction of sp³-hybridized carbons (Fsp3) is 0.200. The van der Waals surface area contributed by atoms with Crippen molar-refractivity contribution in [1.29, 1.82) is 0 Å². The van der Waals surface area contributed by atoms with E-state index in [1.807, 2.05) is 6.92 Å². The number of benzene rings is 2. The van der Waals surface area contributed by atoms with Gasteiger partial charge in [0.25, 0.3) is 11.8 Å². The summed E-state index contributed by atoms with van der Waals surface area (Å²) in [6, 6.07) is 11.9. The van der Waals surface area contributed by atoms with Crippen molar-refractivity contribution in [3.8, 4) is 11.5 Å². The molecule has 0 spiro atoms. The minimum absolute atomic E-state index is 0.361. The molecule has 2 aromatic rings. The van der Waals surface area contributed by atoms with E-state index in [9.17, 15) is 9.59 Å². The summed E-state index contributed by atoms with van der Waals surface area (Å²) in [6.45, 7) is 1.94. The highest BCUT2D eigenvalue weighted by Gasteiger charge is 2.41.